The number of primary amides is 1. The molecule has 1 aliphatic rings. The van der Waals surface area contributed by atoms with E-state index in [1.165, 1.54) is 0 Å². The van der Waals surface area contributed by atoms with Crippen molar-refractivity contribution in [3.05, 3.63) is 24.0 Å². The number of hydrogen-bond donors (Lipinski definition) is 2. The molecule has 1 fully saturated rings. The van der Waals surface area contributed by atoms with E-state index in [-0.39, 0.29) is 5.91 Å². The van der Waals surface area contributed by atoms with Crippen LogP contribution in [0.3, 0.4) is 0 Å². The number of nitrogens with zero attached hydrogens (tertiary/aromatic N) is 2. The lowest BCUT2D eigenvalue weighted by Gasteiger charge is -2.33. The minimum absolute atomic E-state index is 0.206. The third kappa shape index (κ3) is 3.70. The number of aliphatic hydroxyl groups excluding tert-OH is 1. The highest BCUT2D eigenvalue weighted by molar-refractivity contribution is 5.74. The van der Waals surface area contributed by atoms with Crippen molar-refractivity contribution in [2.45, 2.75) is 38.7 Å². The van der Waals surface area contributed by atoms with Gasteiger partial charge in [-0.3, -0.25) is 9.78 Å². The van der Waals surface area contributed by atoms with Gasteiger partial charge in [-0.2, -0.15) is 0 Å². The molecule has 1 aliphatic heterocycles. The molecule has 1 amide bonds. The van der Waals surface area contributed by atoms with Gasteiger partial charge in [-0.05, 0) is 37.3 Å². The zero-order valence-electron chi connectivity index (χ0n) is 12.0. The summed E-state index contributed by atoms with van der Waals surface area (Å²) in [5.74, 6) is 0.209. The van der Waals surface area contributed by atoms with Gasteiger partial charge in [-0.1, -0.05) is 6.92 Å². The van der Waals surface area contributed by atoms with Crippen LogP contribution in [0, 0.1) is 5.92 Å². The lowest BCUT2D eigenvalue weighted by atomic mass is 9.93. The van der Waals surface area contributed by atoms with Crippen molar-refractivity contribution in [2.24, 2.45) is 11.7 Å². The number of pyridine rings is 1. The maximum absolute atomic E-state index is 10.9. The zero-order chi connectivity index (χ0) is 14.5. The Bertz CT molecular complexity index is 439. The molecule has 3 N–H and O–H groups in total. The van der Waals surface area contributed by atoms with E-state index in [9.17, 15) is 9.90 Å². The SMILES string of the molecule is CC[C@@H](O)c1ccc(N2CCC(CC(N)=O)CC2)cn1. The molecule has 1 atom stereocenters. The van der Waals surface area contributed by atoms with Crippen molar-refractivity contribution in [3.8, 4) is 0 Å². The number of piperidine rings is 1. The van der Waals surface area contributed by atoms with Crippen molar-refractivity contribution in [3.63, 3.8) is 0 Å². The van der Waals surface area contributed by atoms with E-state index in [2.05, 4.69) is 9.88 Å². The monoisotopic (exact) mass is 277 g/mol. The maximum Gasteiger partial charge on any atom is 0.217 e. The fourth-order valence-corrected chi connectivity index (χ4v) is 2.67. The first kappa shape index (κ1) is 14.8. The van der Waals surface area contributed by atoms with Crippen LogP contribution < -0.4 is 10.6 Å². The molecule has 5 heteroatoms. The molecular formula is C15H23N3O2. The molecule has 0 bridgehead atoms. The standard InChI is InChI=1S/C15H23N3O2/c1-2-14(19)13-4-3-12(10-17-13)18-7-5-11(6-8-18)9-15(16)20/h3-4,10-11,14,19H,2,5-9H2,1H3,(H2,16,20)/t14-/m1/s1. The fourth-order valence-electron chi connectivity index (χ4n) is 2.67. The van der Waals surface area contributed by atoms with E-state index in [0.717, 1.165) is 37.3 Å². The van der Waals surface area contributed by atoms with Crippen molar-refractivity contribution >= 4 is 11.6 Å². The summed E-state index contributed by atoms with van der Waals surface area (Å²) in [7, 11) is 0. The van der Waals surface area contributed by atoms with Crippen molar-refractivity contribution < 1.29 is 9.90 Å². The third-order valence-corrected chi connectivity index (χ3v) is 3.97. The van der Waals surface area contributed by atoms with Crippen molar-refractivity contribution in [1.82, 2.24) is 4.98 Å². The van der Waals surface area contributed by atoms with E-state index >= 15 is 0 Å². The van der Waals surface area contributed by atoms with E-state index in [1.54, 1.807) is 0 Å². The Morgan fingerprint density at radius 2 is 2.20 bits per heavy atom. The van der Waals surface area contributed by atoms with Gasteiger partial charge in [0.1, 0.15) is 0 Å². The largest absolute Gasteiger partial charge is 0.387 e. The second-order valence-electron chi connectivity index (χ2n) is 5.47. The molecule has 0 spiro atoms. The smallest absolute Gasteiger partial charge is 0.217 e. The van der Waals surface area contributed by atoms with Gasteiger partial charge in [0.25, 0.3) is 0 Å². The first-order valence-electron chi connectivity index (χ1n) is 7.27. The number of rotatable bonds is 5. The highest BCUT2D eigenvalue weighted by Crippen LogP contribution is 2.25. The topological polar surface area (TPSA) is 79.5 Å². The minimum atomic E-state index is -0.481. The van der Waals surface area contributed by atoms with E-state index < -0.39 is 6.10 Å². The average molecular weight is 277 g/mol. The van der Waals surface area contributed by atoms with Gasteiger partial charge >= 0.3 is 0 Å². The predicted octanol–water partition coefficient (Wildman–Crippen LogP) is 1.62. The van der Waals surface area contributed by atoms with Gasteiger partial charge in [0.2, 0.25) is 5.91 Å². The summed E-state index contributed by atoms with van der Waals surface area (Å²) in [6.07, 6.45) is 4.48. The Morgan fingerprint density at radius 1 is 1.50 bits per heavy atom. The van der Waals surface area contributed by atoms with Crippen LogP contribution >= 0.6 is 0 Å². The summed E-state index contributed by atoms with van der Waals surface area (Å²) in [6.45, 7) is 3.79. The number of carbonyl (C=O) groups excluding carboxylic acids is 1. The summed E-state index contributed by atoms with van der Waals surface area (Å²) < 4.78 is 0. The van der Waals surface area contributed by atoms with E-state index in [1.807, 2.05) is 25.3 Å². The van der Waals surface area contributed by atoms with Gasteiger partial charge in [0.15, 0.2) is 0 Å². The summed E-state index contributed by atoms with van der Waals surface area (Å²) >= 11 is 0. The molecule has 1 aromatic rings. The molecule has 2 heterocycles. The second-order valence-corrected chi connectivity index (χ2v) is 5.47. The van der Waals surface area contributed by atoms with Crippen LogP contribution in [0.25, 0.3) is 0 Å². The van der Waals surface area contributed by atoms with Crippen LogP contribution in [0.4, 0.5) is 5.69 Å². The Balaban J connectivity index is 1.92. The fraction of sp³-hybridized carbons (Fsp3) is 0.600. The van der Waals surface area contributed by atoms with Crippen LogP contribution in [-0.2, 0) is 4.79 Å². The molecule has 5 nitrogen and oxygen atoms in total. The molecule has 0 aliphatic carbocycles. The van der Waals surface area contributed by atoms with Gasteiger partial charge in [-0.15, -0.1) is 0 Å². The van der Waals surface area contributed by atoms with Crippen LogP contribution in [0.2, 0.25) is 0 Å². The predicted molar refractivity (Wildman–Crippen MR) is 78.2 cm³/mol. The first-order chi connectivity index (χ1) is 9.60. The Morgan fingerprint density at radius 3 is 2.70 bits per heavy atom. The van der Waals surface area contributed by atoms with Crippen LogP contribution in [-0.4, -0.2) is 29.1 Å². The molecular weight excluding hydrogens is 254 g/mol. The molecule has 1 aromatic heterocycles. The number of hydrogen-bond acceptors (Lipinski definition) is 4. The number of carbonyl (C=O) groups is 1. The van der Waals surface area contributed by atoms with Crippen LogP contribution in [0.15, 0.2) is 18.3 Å². The molecule has 0 saturated carbocycles. The number of amides is 1. The van der Waals surface area contributed by atoms with Gasteiger partial charge < -0.3 is 15.7 Å². The summed E-state index contributed by atoms with van der Waals surface area (Å²) in [5.41, 5.74) is 7.04. The molecule has 0 radical (unpaired) electrons. The van der Waals surface area contributed by atoms with E-state index in [4.69, 9.17) is 5.73 Å². The van der Waals surface area contributed by atoms with E-state index in [0.29, 0.717) is 18.8 Å². The van der Waals surface area contributed by atoms with Crippen molar-refractivity contribution in [2.75, 3.05) is 18.0 Å². The third-order valence-electron chi connectivity index (χ3n) is 3.97. The first-order valence-corrected chi connectivity index (χ1v) is 7.27. The summed E-state index contributed by atoms with van der Waals surface area (Å²) in [6, 6.07) is 3.90. The highest BCUT2D eigenvalue weighted by atomic mass is 16.3. The lowest BCUT2D eigenvalue weighted by Crippen LogP contribution is -2.35. The Kier molecular flexibility index (Phi) is 4.95. The number of aliphatic hydroxyl groups is 1. The number of nitrogens with two attached hydrogens (primary N) is 1. The Hall–Kier alpha value is -1.62. The van der Waals surface area contributed by atoms with Gasteiger partial charge in [-0.25, -0.2) is 0 Å². The second kappa shape index (κ2) is 6.70. The molecule has 2 rings (SSSR count). The zero-order valence-corrected chi connectivity index (χ0v) is 12.0. The Labute approximate surface area is 119 Å². The van der Waals surface area contributed by atoms with Crippen LogP contribution in [0.1, 0.15) is 44.4 Å². The maximum atomic E-state index is 10.9. The lowest BCUT2D eigenvalue weighted by molar-refractivity contribution is -0.119. The summed E-state index contributed by atoms with van der Waals surface area (Å²) in [4.78, 5) is 17.5. The molecule has 0 unspecified atom stereocenters. The normalized spacial score (nSPS) is 18.0. The van der Waals surface area contributed by atoms with Crippen LogP contribution in [0.5, 0.6) is 0 Å². The molecule has 20 heavy (non-hydrogen) atoms. The number of anilines is 1. The highest BCUT2D eigenvalue weighted by Gasteiger charge is 2.21. The molecule has 110 valence electrons. The van der Waals surface area contributed by atoms with Crippen molar-refractivity contribution in [1.29, 1.82) is 0 Å². The average Bonchev–Trinajstić information content (AvgIpc) is 2.47. The van der Waals surface area contributed by atoms with Gasteiger partial charge in [0, 0.05) is 19.5 Å². The quantitative estimate of drug-likeness (QED) is 0.857. The summed E-state index contributed by atoms with van der Waals surface area (Å²) in [5, 5.41) is 9.73. The number of aromatic nitrogens is 1. The molecule has 0 aromatic carbocycles. The minimum Gasteiger partial charge on any atom is -0.387 e. The van der Waals surface area contributed by atoms with Gasteiger partial charge in [0.05, 0.1) is 23.7 Å². The molecule has 1 saturated heterocycles.